The molecule has 2 atom stereocenters. The number of rotatable bonds is 5. The minimum Gasteiger partial charge on any atom is -0.373 e. The monoisotopic (exact) mass is 491 g/mol. The van der Waals surface area contributed by atoms with E-state index in [0.717, 1.165) is 42.5 Å². The number of morpholine rings is 1. The van der Waals surface area contributed by atoms with E-state index in [2.05, 4.69) is 5.32 Å². The molecule has 10 heteroatoms. The minimum atomic E-state index is -3.69. The number of sulfonamides is 1. The van der Waals surface area contributed by atoms with E-state index in [1.807, 2.05) is 13.8 Å². The van der Waals surface area contributed by atoms with Crippen molar-refractivity contribution in [3.8, 4) is 0 Å². The number of nitrogens with two attached hydrogens (primary N) is 1. The third-order valence-corrected chi connectivity index (χ3v) is 9.09. The Hall–Kier alpha value is -2.27. The maximum absolute atomic E-state index is 13.0. The highest BCUT2D eigenvalue weighted by Gasteiger charge is 2.32. The van der Waals surface area contributed by atoms with Crippen LogP contribution in [0.3, 0.4) is 0 Å². The fourth-order valence-corrected chi connectivity index (χ4v) is 7.40. The first-order chi connectivity index (χ1) is 15.7. The predicted octanol–water partition coefficient (Wildman–Crippen LogP) is 3.17. The number of fused-ring (bicyclic) bond motifs is 1. The smallest absolute Gasteiger partial charge is 0.256 e. The van der Waals surface area contributed by atoms with Crippen molar-refractivity contribution in [1.82, 2.24) is 4.31 Å². The van der Waals surface area contributed by atoms with Gasteiger partial charge < -0.3 is 15.8 Å². The number of amides is 2. The van der Waals surface area contributed by atoms with Crippen LogP contribution in [0.25, 0.3) is 0 Å². The van der Waals surface area contributed by atoms with Gasteiger partial charge in [-0.1, -0.05) is 6.42 Å². The number of aryl methyl sites for hydroxylation is 1. The van der Waals surface area contributed by atoms with Crippen LogP contribution in [0.2, 0.25) is 0 Å². The van der Waals surface area contributed by atoms with Crippen molar-refractivity contribution < 1.29 is 22.7 Å². The second-order valence-electron chi connectivity index (χ2n) is 8.69. The van der Waals surface area contributed by atoms with Crippen LogP contribution in [0.1, 0.15) is 64.3 Å². The molecule has 2 aromatic rings. The standard InChI is InChI=1S/C23H29N3O5S2/c1-14-12-26(13-15(2)31-14)33(29,30)17-10-8-16(9-11-17)22(28)25-23-20(21(24)27)18-6-4-3-5-7-19(18)32-23/h8-11,14-15H,3-7,12-13H2,1-2H3,(H2,24,27)(H,25,28)/t14-,15-/m1/s1. The molecule has 3 N–H and O–H groups in total. The first kappa shape index (κ1) is 23.9. The Morgan fingerprint density at radius 2 is 1.70 bits per heavy atom. The Morgan fingerprint density at radius 1 is 1.06 bits per heavy atom. The van der Waals surface area contributed by atoms with E-state index in [1.54, 1.807) is 0 Å². The summed E-state index contributed by atoms with van der Waals surface area (Å²) >= 11 is 1.41. The second-order valence-corrected chi connectivity index (χ2v) is 11.7. The first-order valence-electron chi connectivity index (χ1n) is 11.2. The Labute approximate surface area is 198 Å². The number of nitrogens with zero attached hydrogens (tertiary/aromatic N) is 1. The molecule has 0 unspecified atom stereocenters. The van der Waals surface area contributed by atoms with E-state index in [4.69, 9.17) is 10.5 Å². The van der Waals surface area contributed by atoms with Gasteiger partial charge in [-0.2, -0.15) is 4.31 Å². The van der Waals surface area contributed by atoms with Gasteiger partial charge in [0.05, 0.1) is 22.7 Å². The van der Waals surface area contributed by atoms with Gasteiger partial charge in [-0.15, -0.1) is 11.3 Å². The lowest BCUT2D eigenvalue weighted by Crippen LogP contribution is -2.48. The van der Waals surface area contributed by atoms with Crippen molar-refractivity contribution in [2.45, 2.75) is 63.1 Å². The maximum Gasteiger partial charge on any atom is 0.256 e. The van der Waals surface area contributed by atoms with E-state index < -0.39 is 21.8 Å². The predicted molar refractivity (Wildman–Crippen MR) is 127 cm³/mol. The summed E-state index contributed by atoms with van der Waals surface area (Å²) in [5.74, 6) is -0.952. The van der Waals surface area contributed by atoms with Crippen molar-refractivity contribution in [2.24, 2.45) is 5.73 Å². The molecule has 2 heterocycles. The lowest BCUT2D eigenvalue weighted by molar-refractivity contribution is -0.0440. The Balaban J connectivity index is 1.53. The molecule has 0 bridgehead atoms. The Bertz CT molecular complexity index is 1150. The fraction of sp³-hybridized carbons (Fsp3) is 0.478. The zero-order valence-electron chi connectivity index (χ0n) is 18.8. The summed E-state index contributed by atoms with van der Waals surface area (Å²) in [5, 5.41) is 3.29. The molecular formula is C23H29N3O5S2. The van der Waals surface area contributed by atoms with Gasteiger partial charge in [0, 0.05) is 23.5 Å². The quantitative estimate of drug-likeness (QED) is 0.623. The molecule has 8 nitrogen and oxygen atoms in total. The van der Waals surface area contributed by atoms with Crippen LogP contribution in [0.15, 0.2) is 29.2 Å². The molecule has 1 fully saturated rings. The second kappa shape index (κ2) is 9.54. The number of hydrogen-bond donors (Lipinski definition) is 2. The van der Waals surface area contributed by atoms with E-state index in [-0.39, 0.29) is 30.2 Å². The molecule has 33 heavy (non-hydrogen) atoms. The number of anilines is 1. The van der Waals surface area contributed by atoms with E-state index in [0.29, 0.717) is 16.1 Å². The number of carbonyl (C=O) groups is 2. The number of hydrogen-bond acceptors (Lipinski definition) is 6. The number of benzene rings is 1. The summed E-state index contributed by atoms with van der Waals surface area (Å²) in [5.41, 5.74) is 7.30. The largest absolute Gasteiger partial charge is 0.373 e. The highest BCUT2D eigenvalue weighted by atomic mass is 32.2. The Morgan fingerprint density at radius 3 is 2.33 bits per heavy atom. The van der Waals surface area contributed by atoms with Gasteiger partial charge in [0.1, 0.15) is 5.00 Å². The van der Waals surface area contributed by atoms with E-state index in [1.165, 1.54) is 39.9 Å². The van der Waals surface area contributed by atoms with E-state index in [9.17, 15) is 18.0 Å². The van der Waals surface area contributed by atoms with Gasteiger partial charge in [-0.25, -0.2) is 8.42 Å². The molecule has 1 aliphatic heterocycles. The van der Waals surface area contributed by atoms with Gasteiger partial charge in [-0.05, 0) is 69.4 Å². The van der Waals surface area contributed by atoms with Gasteiger partial charge in [0.25, 0.3) is 11.8 Å². The van der Waals surface area contributed by atoms with Crippen LogP contribution in [0.5, 0.6) is 0 Å². The maximum atomic E-state index is 13.0. The summed E-state index contributed by atoms with van der Waals surface area (Å²) in [4.78, 5) is 26.2. The van der Waals surface area contributed by atoms with Crippen LogP contribution in [-0.4, -0.2) is 49.8 Å². The average molecular weight is 492 g/mol. The lowest BCUT2D eigenvalue weighted by Gasteiger charge is -2.34. The van der Waals surface area contributed by atoms with Crippen LogP contribution >= 0.6 is 11.3 Å². The molecule has 4 rings (SSSR count). The van der Waals surface area contributed by atoms with E-state index >= 15 is 0 Å². The van der Waals surface area contributed by atoms with Crippen molar-refractivity contribution >= 4 is 38.2 Å². The normalized spacial score (nSPS) is 21.8. The van der Waals surface area contributed by atoms with Crippen LogP contribution in [0, 0.1) is 0 Å². The summed E-state index contributed by atoms with van der Waals surface area (Å²) in [6.07, 6.45) is 4.44. The number of primary amides is 1. The summed E-state index contributed by atoms with van der Waals surface area (Å²) < 4.78 is 33.1. The Kier molecular flexibility index (Phi) is 6.90. The zero-order valence-corrected chi connectivity index (χ0v) is 20.4. The molecule has 0 radical (unpaired) electrons. The number of ether oxygens (including phenoxy) is 1. The molecule has 1 aliphatic carbocycles. The number of nitrogens with one attached hydrogen (secondary N) is 1. The third-order valence-electron chi connectivity index (χ3n) is 6.04. The molecule has 1 aromatic heterocycles. The van der Waals surface area contributed by atoms with Crippen molar-refractivity contribution in [1.29, 1.82) is 0 Å². The minimum absolute atomic E-state index is 0.126. The van der Waals surface area contributed by atoms with Crippen molar-refractivity contribution in [2.75, 3.05) is 18.4 Å². The van der Waals surface area contributed by atoms with Crippen molar-refractivity contribution in [3.05, 3.63) is 45.8 Å². The molecule has 0 saturated carbocycles. The molecule has 178 valence electrons. The highest BCUT2D eigenvalue weighted by Crippen LogP contribution is 2.37. The molecule has 2 aliphatic rings. The lowest BCUT2D eigenvalue weighted by atomic mass is 10.1. The van der Waals surface area contributed by atoms with Crippen LogP contribution < -0.4 is 11.1 Å². The first-order valence-corrected chi connectivity index (χ1v) is 13.4. The highest BCUT2D eigenvalue weighted by molar-refractivity contribution is 7.89. The molecular weight excluding hydrogens is 462 g/mol. The van der Waals surface area contributed by atoms with Gasteiger partial charge in [-0.3, -0.25) is 9.59 Å². The average Bonchev–Trinajstić information content (AvgIpc) is 2.94. The number of thiophene rings is 1. The summed E-state index contributed by atoms with van der Waals surface area (Å²) in [7, 11) is -3.69. The van der Waals surface area contributed by atoms with Gasteiger partial charge in [0.2, 0.25) is 10.0 Å². The summed E-state index contributed by atoms with van der Waals surface area (Å²) in [6.45, 7) is 4.26. The number of carbonyl (C=O) groups excluding carboxylic acids is 2. The zero-order chi connectivity index (χ0) is 23.8. The molecule has 1 saturated heterocycles. The fourth-order valence-electron chi connectivity index (χ4n) is 4.52. The third kappa shape index (κ3) is 4.98. The molecule has 1 aromatic carbocycles. The summed E-state index contributed by atoms with van der Waals surface area (Å²) in [6, 6.07) is 5.84. The van der Waals surface area contributed by atoms with Crippen LogP contribution in [0.4, 0.5) is 5.00 Å². The SMILES string of the molecule is C[C@@H]1CN(S(=O)(=O)c2ccc(C(=O)Nc3sc4c(c3C(N)=O)CCCCC4)cc2)C[C@@H](C)O1. The van der Waals surface area contributed by atoms with Gasteiger partial charge >= 0.3 is 0 Å². The van der Waals surface area contributed by atoms with Crippen molar-refractivity contribution in [3.63, 3.8) is 0 Å². The van der Waals surface area contributed by atoms with Crippen LogP contribution in [-0.2, 0) is 27.6 Å². The molecule has 0 spiro atoms. The molecule has 2 amide bonds. The topological polar surface area (TPSA) is 119 Å². The van der Waals surface area contributed by atoms with Gasteiger partial charge in [0.15, 0.2) is 0 Å².